The summed E-state index contributed by atoms with van der Waals surface area (Å²) in [6.45, 7) is 0.0504. The van der Waals surface area contributed by atoms with Gasteiger partial charge in [-0.2, -0.15) is 0 Å². The van der Waals surface area contributed by atoms with Crippen LogP contribution in [0.3, 0.4) is 0 Å². The quantitative estimate of drug-likeness (QED) is 0.687. The van der Waals surface area contributed by atoms with Gasteiger partial charge in [0.05, 0.1) is 0 Å². The number of hydrogen-bond donors (Lipinski definition) is 0. The first-order chi connectivity index (χ1) is 8.02. The van der Waals surface area contributed by atoms with Gasteiger partial charge in [-0.05, 0) is 0 Å². The van der Waals surface area contributed by atoms with Crippen LogP contribution >= 0.6 is 0 Å². The molecule has 0 bridgehead atoms. The van der Waals surface area contributed by atoms with Crippen molar-refractivity contribution in [2.24, 2.45) is 5.92 Å². The number of amides is 1. The van der Waals surface area contributed by atoms with E-state index in [0.717, 1.165) is 4.90 Å². The van der Waals surface area contributed by atoms with Crippen molar-refractivity contribution >= 4 is 11.6 Å². The van der Waals surface area contributed by atoms with Gasteiger partial charge in [0.25, 0.3) is 0 Å². The van der Waals surface area contributed by atoms with Gasteiger partial charge in [0.15, 0.2) is 11.6 Å². The molecule has 88 valence electrons. The topological polar surface area (TPSA) is 20.3 Å². The van der Waals surface area contributed by atoms with Gasteiger partial charge in [-0.15, -0.1) is 12.3 Å². The van der Waals surface area contributed by atoms with E-state index >= 15 is 0 Å². The number of halogens is 3. The number of hydrogen-bond acceptors (Lipinski definition) is 1. The highest BCUT2D eigenvalue weighted by Gasteiger charge is 2.33. The van der Waals surface area contributed by atoms with E-state index in [2.05, 4.69) is 5.92 Å². The van der Waals surface area contributed by atoms with Gasteiger partial charge in [0.2, 0.25) is 5.91 Å². The Labute approximate surface area is 96.0 Å². The fraction of sp³-hybridized carbons (Fsp3) is 0.250. The molecule has 2 rings (SSSR count). The number of rotatable bonds is 1. The summed E-state index contributed by atoms with van der Waals surface area (Å²) in [4.78, 5) is 12.5. The van der Waals surface area contributed by atoms with Gasteiger partial charge in [-0.25, -0.2) is 13.2 Å². The van der Waals surface area contributed by atoms with Crippen LogP contribution in [0, 0.1) is 35.7 Å². The van der Waals surface area contributed by atoms with Crippen LogP contribution in [0.25, 0.3) is 0 Å². The lowest BCUT2D eigenvalue weighted by Crippen LogP contribution is -2.26. The van der Waals surface area contributed by atoms with Crippen LogP contribution < -0.4 is 4.90 Å². The van der Waals surface area contributed by atoms with Crippen LogP contribution in [0.15, 0.2) is 12.1 Å². The molecule has 0 saturated carbocycles. The molecule has 1 atom stereocenters. The summed E-state index contributed by atoms with van der Waals surface area (Å²) in [7, 11) is 0. The van der Waals surface area contributed by atoms with Crippen molar-refractivity contribution in [1.82, 2.24) is 0 Å². The molecule has 1 aromatic carbocycles. The molecule has 5 heteroatoms. The molecule has 1 heterocycles. The van der Waals surface area contributed by atoms with E-state index in [-0.39, 0.29) is 18.9 Å². The lowest BCUT2D eigenvalue weighted by Gasteiger charge is -2.17. The fourth-order valence-corrected chi connectivity index (χ4v) is 1.83. The third kappa shape index (κ3) is 1.98. The monoisotopic (exact) mass is 239 g/mol. The van der Waals surface area contributed by atoms with E-state index in [4.69, 9.17) is 6.42 Å². The molecule has 1 amide bonds. The number of benzene rings is 1. The predicted octanol–water partition coefficient (Wildman–Crippen LogP) is 2.09. The van der Waals surface area contributed by atoms with Crippen molar-refractivity contribution in [3.05, 3.63) is 29.6 Å². The standard InChI is InChI=1S/C12H8F3NO/c1-2-7-3-11(17)16(6-7)12-9(14)4-8(13)5-10(12)15/h1,4-5,7H,3,6H2. The first-order valence-corrected chi connectivity index (χ1v) is 4.94. The normalized spacial score (nSPS) is 19.5. The van der Waals surface area contributed by atoms with Gasteiger partial charge in [-0.3, -0.25) is 4.79 Å². The van der Waals surface area contributed by atoms with Gasteiger partial charge in [0.1, 0.15) is 11.5 Å². The van der Waals surface area contributed by atoms with Gasteiger partial charge in [-0.1, -0.05) is 0 Å². The first-order valence-electron chi connectivity index (χ1n) is 4.94. The highest BCUT2D eigenvalue weighted by Crippen LogP contribution is 2.30. The second kappa shape index (κ2) is 4.13. The molecular weight excluding hydrogens is 231 g/mol. The number of nitrogens with zero attached hydrogens (tertiary/aromatic N) is 1. The minimum Gasteiger partial charge on any atom is -0.306 e. The molecule has 1 aliphatic rings. The predicted molar refractivity (Wildman–Crippen MR) is 55.6 cm³/mol. The average molecular weight is 239 g/mol. The zero-order chi connectivity index (χ0) is 12.6. The maximum absolute atomic E-state index is 13.4. The number of terminal acetylenes is 1. The third-order valence-electron chi connectivity index (χ3n) is 2.61. The van der Waals surface area contributed by atoms with E-state index < -0.39 is 29.0 Å². The maximum atomic E-state index is 13.4. The van der Waals surface area contributed by atoms with Gasteiger partial charge < -0.3 is 4.90 Å². The van der Waals surface area contributed by atoms with Crippen molar-refractivity contribution in [2.45, 2.75) is 6.42 Å². The zero-order valence-electron chi connectivity index (χ0n) is 8.71. The molecule has 0 aromatic heterocycles. The van der Waals surface area contributed by atoms with E-state index in [1.165, 1.54) is 0 Å². The summed E-state index contributed by atoms with van der Waals surface area (Å²) in [6, 6.07) is 1.07. The van der Waals surface area contributed by atoms with Crippen molar-refractivity contribution in [1.29, 1.82) is 0 Å². The lowest BCUT2D eigenvalue weighted by molar-refractivity contribution is -0.117. The first kappa shape index (κ1) is 11.5. The van der Waals surface area contributed by atoms with Crippen molar-refractivity contribution in [3.63, 3.8) is 0 Å². The van der Waals surface area contributed by atoms with Crippen molar-refractivity contribution in [2.75, 3.05) is 11.4 Å². The molecule has 0 radical (unpaired) electrons. The Balaban J connectivity index is 2.42. The molecule has 0 N–H and O–H groups in total. The highest BCUT2D eigenvalue weighted by atomic mass is 19.1. The van der Waals surface area contributed by atoms with Crippen LogP contribution in [0.2, 0.25) is 0 Å². The van der Waals surface area contributed by atoms with Crippen LogP contribution in [0.5, 0.6) is 0 Å². The highest BCUT2D eigenvalue weighted by molar-refractivity contribution is 5.96. The molecule has 0 spiro atoms. The summed E-state index contributed by atoms with van der Waals surface area (Å²) in [5, 5.41) is 0. The van der Waals surface area contributed by atoms with Crippen LogP contribution in [0.4, 0.5) is 18.9 Å². The zero-order valence-corrected chi connectivity index (χ0v) is 8.71. The molecule has 1 aliphatic heterocycles. The molecule has 17 heavy (non-hydrogen) atoms. The summed E-state index contributed by atoms with van der Waals surface area (Å²) in [5.41, 5.74) is -0.533. The maximum Gasteiger partial charge on any atom is 0.228 e. The Morgan fingerprint density at radius 3 is 2.35 bits per heavy atom. The molecule has 1 saturated heterocycles. The van der Waals surface area contributed by atoms with Crippen LogP contribution in [-0.2, 0) is 4.79 Å². The fourth-order valence-electron chi connectivity index (χ4n) is 1.83. The number of carbonyl (C=O) groups excluding carboxylic acids is 1. The minimum atomic E-state index is -1.10. The molecule has 2 nitrogen and oxygen atoms in total. The Kier molecular flexibility index (Phi) is 2.80. The second-order valence-corrected chi connectivity index (χ2v) is 3.79. The Bertz CT molecular complexity index is 498. The molecule has 1 fully saturated rings. The van der Waals surface area contributed by atoms with E-state index in [9.17, 15) is 18.0 Å². The summed E-state index contributed by atoms with van der Waals surface area (Å²) in [6.07, 6.45) is 5.21. The van der Waals surface area contributed by atoms with Crippen LogP contribution in [0.1, 0.15) is 6.42 Å². The van der Waals surface area contributed by atoms with Crippen molar-refractivity contribution in [3.8, 4) is 12.3 Å². The number of carbonyl (C=O) groups is 1. The second-order valence-electron chi connectivity index (χ2n) is 3.79. The smallest absolute Gasteiger partial charge is 0.228 e. The molecule has 0 aliphatic carbocycles. The summed E-state index contributed by atoms with van der Waals surface area (Å²) >= 11 is 0. The third-order valence-corrected chi connectivity index (χ3v) is 2.61. The van der Waals surface area contributed by atoms with E-state index in [1.54, 1.807) is 0 Å². The molecule has 1 aromatic rings. The lowest BCUT2D eigenvalue weighted by atomic mass is 10.1. The summed E-state index contributed by atoms with van der Waals surface area (Å²) < 4.78 is 39.6. The Morgan fingerprint density at radius 1 is 1.29 bits per heavy atom. The van der Waals surface area contributed by atoms with Crippen molar-refractivity contribution < 1.29 is 18.0 Å². The Morgan fingerprint density at radius 2 is 1.88 bits per heavy atom. The van der Waals surface area contributed by atoms with Gasteiger partial charge in [0, 0.05) is 31.0 Å². The molecule has 1 unspecified atom stereocenters. The van der Waals surface area contributed by atoms with Gasteiger partial charge >= 0.3 is 0 Å². The molecular formula is C12H8F3NO. The van der Waals surface area contributed by atoms with E-state index in [1.807, 2.05) is 0 Å². The average Bonchev–Trinajstić information content (AvgIpc) is 2.59. The van der Waals surface area contributed by atoms with E-state index in [0.29, 0.717) is 12.1 Å². The largest absolute Gasteiger partial charge is 0.306 e. The SMILES string of the molecule is C#CC1CC(=O)N(c2c(F)cc(F)cc2F)C1. The minimum absolute atomic E-state index is 0.0484. The number of anilines is 1. The summed E-state index contributed by atoms with van der Waals surface area (Å²) in [5.74, 6) is -1.70. The Hall–Kier alpha value is -1.96. The van der Waals surface area contributed by atoms with Crippen LogP contribution in [-0.4, -0.2) is 12.5 Å².